The highest BCUT2D eigenvalue weighted by Crippen LogP contribution is 1.97. The highest BCUT2D eigenvalue weighted by molar-refractivity contribution is 5.27. The number of nitrogens with zero attached hydrogens (tertiary/aromatic N) is 3. The standard InChI is InChI=1S/C11H17N5O/c1-7(2)12-5-4-9-14-11-13-8(3)6-10(17)16(11)15-9/h6-7,12H,4-5H2,1-3H3,(H,13,14,15). The third-order valence-electron chi connectivity index (χ3n) is 2.42. The van der Waals surface area contributed by atoms with Gasteiger partial charge in [-0.1, -0.05) is 13.8 Å². The molecule has 2 aromatic heterocycles. The molecule has 0 unspecified atom stereocenters. The van der Waals surface area contributed by atoms with Gasteiger partial charge in [0.15, 0.2) is 0 Å². The van der Waals surface area contributed by atoms with Gasteiger partial charge in [-0.25, -0.2) is 4.98 Å². The Morgan fingerprint density at radius 1 is 1.47 bits per heavy atom. The van der Waals surface area contributed by atoms with Gasteiger partial charge in [-0.2, -0.15) is 9.50 Å². The maximum Gasteiger partial charge on any atom is 0.274 e. The number of hydrogen-bond acceptors (Lipinski definition) is 4. The zero-order valence-corrected chi connectivity index (χ0v) is 10.3. The van der Waals surface area contributed by atoms with Crippen molar-refractivity contribution in [3.05, 3.63) is 27.9 Å². The molecule has 0 radical (unpaired) electrons. The van der Waals surface area contributed by atoms with E-state index >= 15 is 0 Å². The van der Waals surface area contributed by atoms with E-state index < -0.39 is 0 Å². The fourth-order valence-electron chi connectivity index (χ4n) is 1.63. The van der Waals surface area contributed by atoms with E-state index in [-0.39, 0.29) is 5.56 Å². The van der Waals surface area contributed by atoms with Crippen LogP contribution in [0, 0.1) is 6.92 Å². The number of hydrogen-bond donors (Lipinski definition) is 2. The minimum Gasteiger partial charge on any atom is -0.314 e. The van der Waals surface area contributed by atoms with Crippen LogP contribution in [0.25, 0.3) is 5.78 Å². The predicted octanol–water partition coefficient (Wildman–Crippen LogP) is 0.267. The molecule has 0 saturated carbocycles. The Balaban J connectivity index is 2.20. The molecule has 17 heavy (non-hydrogen) atoms. The molecule has 0 aromatic carbocycles. The summed E-state index contributed by atoms with van der Waals surface area (Å²) in [6.45, 7) is 6.80. The minimum atomic E-state index is -0.122. The SMILES string of the molecule is Cc1cc(=O)n2[nH]c(CCNC(C)C)nc2n1. The molecule has 6 heteroatoms. The van der Waals surface area contributed by atoms with E-state index in [9.17, 15) is 4.79 Å². The molecule has 2 rings (SSSR count). The van der Waals surface area contributed by atoms with E-state index in [1.54, 1.807) is 6.92 Å². The molecule has 2 aromatic rings. The predicted molar refractivity (Wildman–Crippen MR) is 65.2 cm³/mol. The Hall–Kier alpha value is -1.69. The Morgan fingerprint density at radius 3 is 2.94 bits per heavy atom. The molecule has 2 heterocycles. The molecule has 0 amide bonds. The van der Waals surface area contributed by atoms with Crippen LogP contribution in [0.2, 0.25) is 0 Å². The summed E-state index contributed by atoms with van der Waals surface area (Å²) in [5, 5.41) is 6.25. The number of aromatic nitrogens is 4. The highest BCUT2D eigenvalue weighted by atomic mass is 16.1. The Morgan fingerprint density at radius 2 is 2.24 bits per heavy atom. The largest absolute Gasteiger partial charge is 0.314 e. The molecule has 92 valence electrons. The van der Waals surface area contributed by atoms with Gasteiger partial charge in [-0.05, 0) is 6.92 Å². The van der Waals surface area contributed by atoms with E-state index in [2.05, 4.69) is 34.2 Å². The number of rotatable bonds is 4. The Kier molecular flexibility index (Phi) is 3.23. The van der Waals surface area contributed by atoms with Crippen LogP contribution in [-0.4, -0.2) is 32.2 Å². The van der Waals surface area contributed by atoms with Crippen molar-refractivity contribution < 1.29 is 0 Å². The van der Waals surface area contributed by atoms with Crippen molar-refractivity contribution in [3.8, 4) is 0 Å². The quantitative estimate of drug-likeness (QED) is 0.797. The minimum absolute atomic E-state index is 0.122. The highest BCUT2D eigenvalue weighted by Gasteiger charge is 2.06. The van der Waals surface area contributed by atoms with Crippen LogP contribution in [0.15, 0.2) is 10.9 Å². The van der Waals surface area contributed by atoms with E-state index in [4.69, 9.17) is 0 Å². The lowest BCUT2D eigenvalue weighted by Gasteiger charge is -2.05. The number of H-pyrrole nitrogens is 1. The van der Waals surface area contributed by atoms with Crippen LogP contribution in [0.1, 0.15) is 25.4 Å². The third kappa shape index (κ3) is 2.71. The van der Waals surface area contributed by atoms with Gasteiger partial charge in [0, 0.05) is 30.8 Å². The van der Waals surface area contributed by atoms with Crippen LogP contribution in [-0.2, 0) is 6.42 Å². The molecule has 0 spiro atoms. The van der Waals surface area contributed by atoms with Crippen LogP contribution in [0.4, 0.5) is 0 Å². The first kappa shape index (κ1) is 11.8. The van der Waals surface area contributed by atoms with E-state index in [1.165, 1.54) is 10.6 Å². The number of nitrogens with one attached hydrogen (secondary N) is 2. The van der Waals surface area contributed by atoms with Gasteiger partial charge in [0.05, 0.1) is 0 Å². The average molecular weight is 235 g/mol. The zero-order chi connectivity index (χ0) is 12.4. The van der Waals surface area contributed by atoms with E-state index in [1.807, 2.05) is 0 Å². The van der Waals surface area contributed by atoms with Crippen molar-refractivity contribution >= 4 is 5.78 Å². The summed E-state index contributed by atoms with van der Waals surface area (Å²) in [5.74, 6) is 1.21. The summed E-state index contributed by atoms with van der Waals surface area (Å²) in [6, 6.07) is 1.93. The molecule has 0 aliphatic rings. The summed E-state index contributed by atoms with van der Waals surface area (Å²) >= 11 is 0. The first-order valence-electron chi connectivity index (χ1n) is 5.75. The van der Waals surface area contributed by atoms with Gasteiger partial charge in [0.25, 0.3) is 11.3 Å². The van der Waals surface area contributed by atoms with Gasteiger partial charge in [-0.3, -0.25) is 9.89 Å². The van der Waals surface area contributed by atoms with Gasteiger partial charge in [-0.15, -0.1) is 0 Å². The smallest absolute Gasteiger partial charge is 0.274 e. The van der Waals surface area contributed by atoms with Crippen LogP contribution in [0.5, 0.6) is 0 Å². The molecule has 0 fully saturated rings. The van der Waals surface area contributed by atoms with Crippen LogP contribution < -0.4 is 10.9 Å². The van der Waals surface area contributed by atoms with Gasteiger partial charge >= 0.3 is 0 Å². The normalized spacial score (nSPS) is 11.5. The Labute approximate surface area is 99.1 Å². The molecule has 0 aliphatic carbocycles. The second-order valence-electron chi connectivity index (χ2n) is 4.40. The molecule has 0 saturated heterocycles. The van der Waals surface area contributed by atoms with Gasteiger partial charge < -0.3 is 5.32 Å². The molecular weight excluding hydrogens is 218 g/mol. The van der Waals surface area contributed by atoms with Gasteiger partial charge in [0.1, 0.15) is 5.82 Å². The summed E-state index contributed by atoms with van der Waals surface area (Å²) in [5.41, 5.74) is 0.566. The molecule has 0 bridgehead atoms. The lowest BCUT2D eigenvalue weighted by molar-refractivity contribution is 0.582. The van der Waals surface area contributed by atoms with E-state index in [0.29, 0.717) is 17.5 Å². The summed E-state index contributed by atoms with van der Waals surface area (Å²) in [6.07, 6.45) is 0.750. The summed E-state index contributed by atoms with van der Waals surface area (Å²) < 4.78 is 1.37. The first-order valence-corrected chi connectivity index (χ1v) is 5.75. The van der Waals surface area contributed by atoms with Crippen molar-refractivity contribution in [2.45, 2.75) is 33.2 Å². The average Bonchev–Trinajstić information content (AvgIpc) is 2.60. The summed E-state index contributed by atoms with van der Waals surface area (Å²) in [7, 11) is 0. The molecule has 6 nitrogen and oxygen atoms in total. The van der Waals surface area contributed by atoms with Crippen molar-refractivity contribution in [1.29, 1.82) is 0 Å². The van der Waals surface area contributed by atoms with Gasteiger partial charge in [0.2, 0.25) is 0 Å². The number of aryl methyl sites for hydroxylation is 1. The molecule has 0 atom stereocenters. The van der Waals surface area contributed by atoms with Crippen molar-refractivity contribution in [1.82, 2.24) is 24.9 Å². The lowest BCUT2D eigenvalue weighted by atomic mass is 10.3. The fourth-order valence-corrected chi connectivity index (χ4v) is 1.63. The fraction of sp³-hybridized carbons (Fsp3) is 0.545. The zero-order valence-electron chi connectivity index (χ0n) is 10.3. The Bertz CT molecular complexity index is 569. The number of aromatic amines is 1. The van der Waals surface area contributed by atoms with Crippen molar-refractivity contribution in [2.75, 3.05) is 6.54 Å². The lowest BCUT2D eigenvalue weighted by Crippen LogP contribution is -2.25. The summed E-state index contributed by atoms with van der Waals surface area (Å²) in [4.78, 5) is 20.1. The molecule has 2 N–H and O–H groups in total. The van der Waals surface area contributed by atoms with Crippen LogP contribution >= 0.6 is 0 Å². The van der Waals surface area contributed by atoms with E-state index in [0.717, 1.165) is 18.8 Å². The van der Waals surface area contributed by atoms with Crippen LogP contribution in [0.3, 0.4) is 0 Å². The van der Waals surface area contributed by atoms with Crippen molar-refractivity contribution in [2.24, 2.45) is 0 Å². The number of fused-ring (bicyclic) bond motifs is 1. The monoisotopic (exact) mass is 235 g/mol. The van der Waals surface area contributed by atoms with Crippen molar-refractivity contribution in [3.63, 3.8) is 0 Å². The first-order chi connectivity index (χ1) is 8.06. The topological polar surface area (TPSA) is 75.1 Å². The maximum atomic E-state index is 11.6. The second kappa shape index (κ2) is 4.67. The third-order valence-corrected chi connectivity index (χ3v) is 2.42. The molecular formula is C11H17N5O. The molecule has 0 aliphatic heterocycles. The maximum absolute atomic E-state index is 11.6. The second-order valence-corrected chi connectivity index (χ2v) is 4.40.